The minimum absolute atomic E-state index is 0.0729. The Hall–Kier alpha value is -0.160. The maximum Gasteiger partial charge on any atom is 0.188 e. The average Bonchev–Trinajstić information content (AvgIpc) is 2.89. The number of hydrogen-bond donors (Lipinski definition) is 1. The summed E-state index contributed by atoms with van der Waals surface area (Å²) in [5.41, 5.74) is 0.286. The predicted molar refractivity (Wildman–Crippen MR) is 58.8 cm³/mol. The maximum absolute atomic E-state index is 9.08. The summed E-state index contributed by atoms with van der Waals surface area (Å²) in [6.45, 7) is 6.75. The second kappa shape index (κ2) is 3.19. The molecule has 16 heavy (non-hydrogen) atoms. The van der Waals surface area contributed by atoms with Gasteiger partial charge in [-0.15, -0.1) is 0 Å². The third-order valence-corrected chi connectivity index (χ3v) is 4.27. The van der Waals surface area contributed by atoms with Gasteiger partial charge in [-0.1, -0.05) is 13.8 Å². The Morgan fingerprint density at radius 1 is 1.25 bits per heavy atom. The number of aliphatic hydroxyl groups excluding tert-OH is 1. The van der Waals surface area contributed by atoms with Crippen LogP contribution in [0.5, 0.6) is 0 Å². The Morgan fingerprint density at radius 2 is 2.00 bits per heavy atom. The number of fused-ring (bicyclic) bond motifs is 1. The van der Waals surface area contributed by atoms with Gasteiger partial charge in [-0.2, -0.15) is 0 Å². The monoisotopic (exact) mass is 227 g/mol. The van der Waals surface area contributed by atoms with Crippen LogP contribution in [0.25, 0.3) is 0 Å². The van der Waals surface area contributed by atoms with Crippen molar-refractivity contribution in [3.05, 3.63) is 0 Å². The largest absolute Gasteiger partial charge is 0.395 e. The van der Waals surface area contributed by atoms with Gasteiger partial charge in [0.15, 0.2) is 5.79 Å². The molecular formula is C12H21NO3. The van der Waals surface area contributed by atoms with E-state index < -0.39 is 0 Å². The zero-order valence-corrected chi connectivity index (χ0v) is 10.2. The fourth-order valence-electron chi connectivity index (χ4n) is 3.33. The summed E-state index contributed by atoms with van der Waals surface area (Å²) >= 11 is 0. The van der Waals surface area contributed by atoms with Crippen LogP contribution < -0.4 is 0 Å². The van der Waals surface area contributed by atoms with E-state index in [0.717, 1.165) is 25.9 Å². The lowest BCUT2D eigenvalue weighted by molar-refractivity contribution is -0.192. The zero-order valence-electron chi connectivity index (χ0n) is 10.2. The lowest BCUT2D eigenvalue weighted by Gasteiger charge is -2.32. The molecule has 92 valence electrons. The first-order valence-corrected chi connectivity index (χ1v) is 6.18. The van der Waals surface area contributed by atoms with Crippen LogP contribution >= 0.6 is 0 Å². The van der Waals surface area contributed by atoms with E-state index in [1.807, 2.05) is 0 Å². The van der Waals surface area contributed by atoms with E-state index in [2.05, 4.69) is 18.7 Å². The normalized spacial score (nSPS) is 39.9. The summed E-state index contributed by atoms with van der Waals surface area (Å²) in [4.78, 5) is 2.26. The smallest absolute Gasteiger partial charge is 0.188 e. The van der Waals surface area contributed by atoms with Gasteiger partial charge in [-0.3, -0.25) is 4.90 Å². The predicted octanol–water partition coefficient (Wildman–Crippen LogP) is 0.944. The van der Waals surface area contributed by atoms with Crippen LogP contribution in [0, 0.1) is 5.41 Å². The number of nitrogens with zero attached hydrogens (tertiary/aromatic N) is 1. The Morgan fingerprint density at radius 3 is 2.50 bits per heavy atom. The molecule has 1 atom stereocenters. The Labute approximate surface area is 96.5 Å². The summed E-state index contributed by atoms with van der Waals surface area (Å²) in [6.07, 6.45) is 3.26. The quantitative estimate of drug-likeness (QED) is 0.762. The van der Waals surface area contributed by atoms with Gasteiger partial charge >= 0.3 is 0 Å². The minimum atomic E-state index is -0.383. The molecule has 2 spiro atoms. The van der Waals surface area contributed by atoms with Crippen LogP contribution in [-0.4, -0.2) is 47.8 Å². The van der Waals surface area contributed by atoms with Gasteiger partial charge < -0.3 is 14.6 Å². The molecule has 0 aromatic carbocycles. The lowest BCUT2D eigenvalue weighted by Crippen LogP contribution is -2.48. The van der Waals surface area contributed by atoms with Crippen LogP contribution in [-0.2, 0) is 9.47 Å². The van der Waals surface area contributed by atoms with Crippen LogP contribution in [0.2, 0.25) is 0 Å². The van der Waals surface area contributed by atoms with Crippen LogP contribution in [0.1, 0.15) is 33.1 Å². The van der Waals surface area contributed by atoms with Crippen molar-refractivity contribution in [3.63, 3.8) is 0 Å². The van der Waals surface area contributed by atoms with E-state index in [0.29, 0.717) is 13.3 Å². The second-order valence-corrected chi connectivity index (χ2v) is 6.17. The molecule has 1 saturated carbocycles. The average molecular weight is 227 g/mol. The van der Waals surface area contributed by atoms with Crippen LogP contribution in [0.4, 0.5) is 0 Å². The van der Waals surface area contributed by atoms with Crippen molar-refractivity contribution in [2.75, 3.05) is 26.5 Å². The van der Waals surface area contributed by atoms with E-state index in [1.54, 1.807) is 0 Å². The van der Waals surface area contributed by atoms with Crippen molar-refractivity contribution in [2.24, 2.45) is 5.41 Å². The van der Waals surface area contributed by atoms with E-state index >= 15 is 0 Å². The van der Waals surface area contributed by atoms with E-state index in [9.17, 15) is 0 Å². The van der Waals surface area contributed by atoms with E-state index in [4.69, 9.17) is 14.6 Å². The summed E-state index contributed by atoms with van der Waals surface area (Å²) < 4.78 is 12.0. The zero-order chi connectivity index (χ0) is 11.4. The summed E-state index contributed by atoms with van der Waals surface area (Å²) in [5.74, 6) is -0.383. The molecule has 3 fully saturated rings. The van der Waals surface area contributed by atoms with E-state index in [1.165, 1.54) is 0 Å². The van der Waals surface area contributed by atoms with Crippen molar-refractivity contribution >= 4 is 0 Å². The molecule has 0 aromatic rings. The molecule has 1 N–H and O–H groups in total. The first-order valence-electron chi connectivity index (χ1n) is 6.18. The van der Waals surface area contributed by atoms with Crippen molar-refractivity contribution in [3.8, 4) is 0 Å². The Kier molecular flexibility index (Phi) is 2.19. The van der Waals surface area contributed by atoms with Gasteiger partial charge in [0.05, 0.1) is 18.8 Å². The van der Waals surface area contributed by atoms with E-state index in [-0.39, 0.29) is 23.3 Å². The van der Waals surface area contributed by atoms with Gasteiger partial charge in [0.2, 0.25) is 0 Å². The van der Waals surface area contributed by atoms with Crippen molar-refractivity contribution in [1.82, 2.24) is 4.90 Å². The molecule has 0 aromatic heterocycles. The minimum Gasteiger partial charge on any atom is -0.395 e. The standard InChI is InChI=1S/C12H21NO3/c1-10(2)7-12(15-8-10)11(3-4-11)13(5-6-14)9-16-12/h14H,3-9H2,1-2H3. The molecule has 4 heteroatoms. The lowest BCUT2D eigenvalue weighted by atomic mass is 9.85. The summed E-state index contributed by atoms with van der Waals surface area (Å²) in [6, 6.07) is 0. The summed E-state index contributed by atoms with van der Waals surface area (Å²) in [5, 5.41) is 9.08. The van der Waals surface area contributed by atoms with Gasteiger partial charge in [-0.05, 0) is 18.3 Å². The Bertz CT molecular complexity index is 301. The first kappa shape index (κ1) is 11.0. The first-order chi connectivity index (χ1) is 7.54. The van der Waals surface area contributed by atoms with Crippen molar-refractivity contribution in [1.29, 1.82) is 0 Å². The molecule has 3 aliphatic rings. The molecule has 1 aliphatic carbocycles. The Balaban J connectivity index is 1.83. The molecular weight excluding hydrogens is 206 g/mol. The van der Waals surface area contributed by atoms with Gasteiger partial charge in [-0.25, -0.2) is 0 Å². The highest BCUT2D eigenvalue weighted by molar-refractivity contribution is 5.18. The fraction of sp³-hybridized carbons (Fsp3) is 1.00. The number of β-amino-alcohol motifs (C(OH)–C–C–N with tert-alkyl or cyclic N) is 1. The van der Waals surface area contributed by atoms with Crippen LogP contribution in [0.3, 0.4) is 0 Å². The molecule has 2 heterocycles. The molecule has 2 saturated heterocycles. The third-order valence-electron chi connectivity index (χ3n) is 4.27. The highest BCUT2D eigenvalue weighted by Gasteiger charge is 2.71. The topological polar surface area (TPSA) is 41.9 Å². The maximum atomic E-state index is 9.08. The number of rotatable bonds is 2. The molecule has 1 unspecified atom stereocenters. The molecule has 0 amide bonds. The van der Waals surface area contributed by atoms with Crippen LogP contribution in [0.15, 0.2) is 0 Å². The number of aliphatic hydroxyl groups is 1. The number of ether oxygens (including phenoxy) is 2. The highest BCUT2D eigenvalue weighted by atomic mass is 16.7. The summed E-state index contributed by atoms with van der Waals surface area (Å²) in [7, 11) is 0. The third kappa shape index (κ3) is 1.30. The fourth-order valence-corrected chi connectivity index (χ4v) is 3.33. The van der Waals surface area contributed by atoms with Crippen molar-refractivity contribution in [2.45, 2.75) is 44.4 Å². The molecule has 3 rings (SSSR count). The molecule has 0 radical (unpaired) electrons. The second-order valence-electron chi connectivity index (χ2n) is 6.17. The SMILES string of the molecule is CC1(C)COC2(C1)OCN(CCO)C21CC1. The number of hydrogen-bond acceptors (Lipinski definition) is 4. The van der Waals surface area contributed by atoms with Crippen molar-refractivity contribution < 1.29 is 14.6 Å². The van der Waals surface area contributed by atoms with Gasteiger partial charge in [0.25, 0.3) is 0 Å². The molecule has 4 nitrogen and oxygen atoms in total. The molecule has 0 bridgehead atoms. The molecule has 2 aliphatic heterocycles. The van der Waals surface area contributed by atoms with Gasteiger partial charge in [0.1, 0.15) is 6.73 Å². The highest BCUT2D eigenvalue weighted by Crippen LogP contribution is 2.61. The van der Waals surface area contributed by atoms with Gasteiger partial charge in [0, 0.05) is 13.0 Å².